The van der Waals surface area contributed by atoms with E-state index in [1.165, 1.54) is 6.33 Å². The van der Waals surface area contributed by atoms with Gasteiger partial charge in [-0.05, 0) is 18.2 Å². The van der Waals surface area contributed by atoms with Crippen molar-refractivity contribution in [3.05, 3.63) is 17.3 Å². The van der Waals surface area contributed by atoms with Crippen LogP contribution in [0.25, 0.3) is 10.2 Å². The summed E-state index contributed by atoms with van der Waals surface area (Å²) < 4.78 is 6.67. The summed E-state index contributed by atoms with van der Waals surface area (Å²) in [6.45, 7) is 0.0791. The molecule has 2 aromatic heterocycles. The van der Waals surface area contributed by atoms with Crippen molar-refractivity contribution in [3.63, 3.8) is 0 Å². The van der Waals surface area contributed by atoms with Gasteiger partial charge in [0, 0.05) is 5.56 Å². The SMILES string of the molecule is Nc1ncnc2c([C@H]3CCC(CO)O3)csc12. The lowest BCUT2D eigenvalue weighted by molar-refractivity contribution is 0.0116. The predicted molar refractivity (Wildman–Crippen MR) is 65.8 cm³/mol. The van der Waals surface area contributed by atoms with Gasteiger partial charge in [-0.15, -0.1) is 11.3 Å². The number of nitrogens with two attached hydrogens (primary N) is 1. The number of nitrogens with zero attached hydrogens (tertiary/aromatic N) is 2. The molecule has 2 atom stereocenters. The van der Waals surface area contributed by atoms with Gasteiger partial charge in [-0.1, -0.05) is 0 Å². The minimum Gasteiger partial charge on any atom is -0.394 e. The Labute approximate surface area is 102 Å². The Morgan fingerprint density at radius 2 is 2.35 bits per heavy atom. The normalized spacial score (nSPS) is 24.5. The molecule has 6 heteroatoms. The molecule has 1 aliphatic rings. The number of rotatable bonds is 2. The minimum atomic E-state index is -0.0471. The molecule has 90 valence electrons. The molecule has 17 heavy (non-hydrogen) atoms. The van der Waals surface area contributed by atoms with Crippen LogP contribution >= 0.6 is 11.3 Å². The van der Waals surface area contributed by atoms with Crippen molar-refractivity contribution in [1.29, 1.82) is 0 Å². The zero-order valence-electron chi connectivity index (χ0n) is 9.17. The third-order valence-corrected chi connectivity index (χ3v) is 4.08. The highest BCUT2D eigenvalue weighted by atomic mass is 32.1. The monoisotopic (exact) mass is 251 g/mol. The van der Waals surface area contributed by atoms with Gasteiger partial charge in [0.2, 0.25) is 0 Å². The summed E-state index contributed by atoms with van der Waals surface area (Å²) in [5.74, 6) is 0.517. The van der Waals surface area contributed by atoms with Gasteiger partial charge in [0.15, 0.2) is 0 Å². The largest absolute Gasteiger partial charge is 0.394 e. The number of thiophene rings is 1. The Hall–Kier alpha value is -1.24. The predicted octanol–water partition coefficient (Wildman–Crippen LogP) is 1.49. The number of aromatic nitrogens is 2. The average molecular weight is 251 g/mol. The standard InChI is InChI=1S/C11H13N3O2S/c12-11-10-9(13-5-14-11)7(4-17-10)8-2-1-6(3-15)16-8/h4-6,8,15H,1-3H2,(H2,12,13,14)/t6?,8-/m1/s1. The van der Waals surface area contributed by atoms with Crippen LogP contribution in [0, 0.1) is 0 Å². The Morgan fingerprint density at radius 3 is 3.12 bits per heavy atom. The van der Waals surface area contributed by atoms with E-state index in [1.54, 1.807) is 11.3 Å². The molecule has 0 radical (unpaired) electrons. The lowest BCUT2D eigenvalue weighted by Crippen LogP contribution is -2.10. The number of ether oxygens (including phenoxy) is 1. The van der Waals surface area contributed by atoms with E-state index in [0.29, 0.717) is 5.82 Å². The quantitative estimate of drug-likeness (QED) is 0.845. The second kappa shape index (κ2) is 4.21. The molecule has 0 amide bonds. The first kappa shape index (κ1) is 10.9. The number of aliphatic hydroxyl groups is 1. The van der Waals surface area contributed by atoms with Crippen molar-refractivity contribution >= 4 is 27.4 Å². The first-order chi connectivity index (χ1) is 8.29. The molecule has 0 aromatic carbocycles. The van der Waals surface area contributed by atoms with Crippen LogP contribution in [-0.4, -0.2) is 27.8 Å². The van der Waals surface area contributed by atoms with Gasteiger partial charge in [-0.25, -0.2) is 9.97 Å². The van der Waals surface area contributed by atoms with Crippen LogP contribution in [0.15, 0.2) is 11.7 Å². The molecule has 3 rings (SSSR count). The fraction of sp³-hybridized carbons (Fsp3) is 0.455. The van der Waals surface area contributed by atoms with Crippen molar-refractivity contribution in [3.8, 4) is 0 Å². The summed E-state index contributed by atoms with van der Waals surface area (Å²) in [6, 6.07) is 0. The maximum absolute atomic E-state index is 9.07. The van der Waals surface area contributed by atoms with E-state index in [0.717, 1.165) is 28.6 Å². The number of aliphatic hydroxyl groups excluding tert-OH is 1. The summed E-state index contributed by atoms with van der Waals surface area (Å²) in [6.07, 6.45) is 3.26. The summed E-state index contributed by atoms with van der Waals surface area (Å²) >= 11 is 1.54. The Bertz CT molecular complexity index is 542. The van der Waals surface area contributed by atoms with Crippen LogP contribution in [0.5, 0.6) is 0 Å². The van der Waals surface area contributed by atoms with Gasteiger partial charge in [0.1, 0.15) is 12.1 Å². The van der Waals surface area contributed by atoms with Gasteiger partial charge >= 0.3 is 0 Å². The minimum absolute atomic E-state index is 0.0233. The number of fused-ring (bicyclic) bond motifs is 1. The molecule has 1 aliphatic heterocycles. The molecule has 1 saturated heterocycles. The number of anilines is 1. The van der Waals surface area contributed by atoms with Crippen molar-refractivity contribution in [2.24, 2.45) is 0 Å². The lowest BCUT2D eigenvalue weighted by Gasteiger charge is -2.10. The smallest absolute Gasteiger partial charge is 0.144 e. The first-order valence-electron chi connectivity index (χ1n) is 5.53. The molecule has 0 saturated carbocycles. The van der Waals surface area contributed by atoms with E-state index in [4.69, 9.17) is 15.6 Å². The maximum Gasteiger partial charge on any atom is 0.144 e. The maximum atomic E-state index is 9.07. The van der Waals surface area contributed by atoms with Crippen molar-refractivity contribution in [2.45, 2.75) is 25.0 Å². The molecule has 1 fully saturated rings. The second-order valence-electron chi connectivity index (χ2n) is 4.13. The van der Waals surface area contributed by atoms with Crippen molar-refractivity contribution in [1.82, 2.24) is 9.97 Å². The van der Waals surface area contributed by atoms with E-state index in [9.17, 15) is 0 Å². The molecule has 0 spiro atoms. The highest BCUT2D eigenvalue weighted by molar-refractivity contribution is 7.17. The molecule has 2 aromatic rings. The van der Waals surface area contributed by atoms with Crippen LogP contribution in [0.3, 0.4) is 0 Å². The number of nitrogen functional groups attached to an aromatic ring is 1. The summed E-state index contributed by atoms with van der Waals surface area (Å²) in [7, 11) is 0. The molecule has 3 heterocycles. The molecule has 0 aliphatic carbocycles. The lowest BCUT2D eigenvalue weighted by atomic mass is 10.1. The van der Waals surface area contributed by atoms with E-state index in [-0.39, 0.29) is 18.8 Å². The summed E-state index contributed by atoms with van der Waals surface area (Å²) in [5, 5.41) is 11.1. The number of hydrogen-bond acceptors (Lipinski definition) is 6. The third kappa shape index (κ3) is 1.78. The summed E-state index contributed by atoms with van der Waals surface area (Å²) in [4.78, 5) is 8.25. The fourth-order valence-corrected chi connectivity index (χ4v) is 3.15. The van der Waals surface area contributed by atoms with Gasteiger partial charge in [-0.3, -0.25) is 0 Å². The molecular weight excluding hydrogens is 238 g/mol. The Kier molecular flexibility index (Phi) is 2.70. The molecular formula is C11H13N3O2S. The average Bonchev–Trinajstić information content (AvgIpc) is 2.94. The Balaban J connectivity index is 1.99. The highest BCUT2D eigenvalue weighted by Crippen LogP contribution is 2.39. The molecule has 3 N–H and O–H groups in total. The van der Waals surface area contributed by atoms with E-state index in [1.807, 2.05) is 5.38 Å². The fourth-order valence-electron chi connectivity index (χ4n) is 2.18. The van der Waals surface area contributed by atoms with Gasteiger partial charge in [-0.2, -0.15) is 0 Å². The van der Waals surface area contributed by atoms with E-state index >= 15 is 0 Å². The molecule has 0 bridgehead atoms. The van der Waals surface area contributed by atoms with Crippen LogP contribution in [0.2, 0.25) is 0 Å². The van der Waals surface area contributed by atoms with Gasteiger partial charge in [0.25, 0.3) is 0 Å². The number of hydrogen-bond donors (Lipinski definition) is 2. The molecule has 5 nitrogen and oxygen atoms in total. The third-order valence-electron chi connectivity index (χ3n) is 3.07. The van der Waals surface area contributed by atoms with Crippen molar-refractivity contribution < 1.29 is 9.84 Å². The molecule has 1 unspecified atom stereocenters. The van der Waals surface area contributed by atoms with Gasteiger partial charge < -0.3 is 15.6 Å². The van der Waals surface area contributed by atoms with Crippen LogP contribution < -0.4 is 5.73 Å². The van der Waals surface area contributed by atoms with Gasteiger partial charge in [0.05, 0.1) is 29.0 Å². The van der Waals surface area contributed by atoms with Crippen LogP contribution in [0.1, 0.15) is 24.5 Å². The zero-order valence-corrected chi connectivity index (χ0v) is 9.98. The van der Waals surface area contributed by atoms with Crippen LogP contribution in [-0.2, 0) is 4.74 Å². The topological polar surface area (TPSA) is 81.3 Å². The summed E-state index contributed by atoms with van der Waals surface area (Å²) in [5.41, 5.74) is 7.75. The van der Waals surface area contributed by atoms with E-state index < -0.39 is 0 Å². The van der Waals surface area contributed by atoms with Crippen molar-refractivity contribution in [2.75, 3.05) is 12.3 Å². The first-order valence-corrected chi connectivity index (χ1v) is 6.41. The highest BCUT2D eigenvalue weighted by Gasteiger charge is 2.28. The Morgan fingerprint density at radius 1 is 1.47 bits per heavy atom. The van der Waals surface area contributed by atoms with Crippen LogP contribution in [0.4, 0.5) is 5.82 Å². The second-order valence-corrected chi connectivity index (χ2v) is 5.01. The van der Waals surface area contributed by atoms with E-state index in [2.05, 4.69) is 9.97 Å². The zero-order chi connectivity index (χ0) is 11.8.